The van der Waals surface area contributed by atoms with Crippen LogP contribution in [0.5, 0.6) is 0 Å². The molecule has 6 nitrogen and oxygen atoms in total. The van der Waals surface area contributed by atoms with Crippen molar-refractivity contribution in [2.24, 2.45) is 7.05 Å². The second-order valence-corrected chi connectivity index (χ2v) is 6.72. The van der Waals surface area contributed by atoms with E-state index in [4.69, 9.17) is 4.42 Å². The molecule has 3 heterocycles. The van der Waals surface area contributed by atoms with E-state index in [9.17, 15) is 4.79 Å². The molecular formula is C20H23ClN4O2. The molecule has 2 aromatic heterocycles. The van der Waals surface area contributed by atoms with E-state index in [0.717, 1.165) is 42.1 Å². The Balaban J connectivity index is 0.00000210. The third-order valence-corrected chi connectivity index (χ3v) is 4.89. The predicted octanol–water partition coefficient (Wildman–Crippen LogP) is 3.32. The van der Waals surface area contributed by atoms with Crippen molar-refractivity contribution in [3.05, 3.63) is 59.1 Å². The van der Waals surface area contributed by atoms with Crippen LogP contribution in [0, 0.1) is 6.92 Å². The fourth-order valence-electron chi connectivity index (χ4n) is 3.50. The molecule has 142 valence electrons. The molecule has 1 aromatic carbocycles. The summed E-state index contributed by atoms with van der Waals surface area (Å²) in [5, 5.41) is 4.59. The maximum atomic E-state index is 12.7. The summed E-state index contributed by atoms with van der Waals surface area (Å²) in [4.78, 5) is 18.9. The van der Waals surface area contributed by atoms with Crippen LogP contribution in [0.4, 0.5) is 0 Å². The Hall–Kier alpha value is -2.60. The van der Waals surface area contributed by atoms with Crippen molar-refractivity contribution in [3.8, 4) is 11.6 Å². The molecule has 3 aromatic rings. The van der Waals surface area contributed by atoms with Crippen molar-refractivity contribution in [1.29, 1.82) is 0 Å². The van der Waals surface area contributed by atoms with Gasteiger partial charge in [-0.2, -0.15) is 5.10 Å². The first kappa shape index (κ1) is 19.2. The van der Waals surface area contributed by atoms with Crippen LogP contribution in [0.2, 0.25) is 0 Å². The van der Waals surface area contributed by atoms with Crippen LogP contribution in [0.25, 0.3) is 11.6 Å². The van der Waals surface area contributed by atoms with Gasteiger partial charge in [0.25, 0.3) is 0 Å². The summed E-state index contributed by atoms with van der Waals surface area (Å²) in [5.74, 6) is 1.46. The Labute approximate surface area is 164 Å². The van der Waals surface area contributed by atoms with Crippen LogP contribution in [-0.2, 0) is 31.2 Å². The van der Waals surface area contributed by atoms with E-state index < -0.39 is 0 Å². The van der Waals surface area contributed by atoms with E-state index in [2.05, 4.69) is 22.2 Å². The fourth-order valence-corrected chi connectivity index (χ4v) is 3.50. The highest BCUT2D eigenvalue weighted by atomic mass is 35.5. The largest absolute Gasteiger partial charge is 0.440 e. The zero-order valence-corrected chi connectivity index (χ0v) is 16.3. The number of hydrogen-bond donors (Lipinski definition) is 0. The molecule has 0 aliphatic carbocycles. The van der Waals surface area contributed by atoms with E-state index >= 15 is 0 Å². The number of amides is 1. The van der Waals surface area contributed by atoms with Gasteiger partial charge in [0, 0.05) is 44.2 Å². The number of carbonyl (C=O) groups is 1. The second-order valence-electron chi connectivity index (χ2n) is 6.72. The molecule has 0 N–H and O–H groups in total. The molecule has 0 bridgehead atoms. The third-order valence-electron chi connectivity index (χ3n) is 4.89. The average molecular weight is 387 g/mol. The number of halogens is 1. The number of aromatic nitrogens is 3. The zero-order valence-electron chi connectivity index (χ0n) is 15.5. The number of nitrogens with zero attached hydrogens (tertiary/aromatic N) is 4. The molecule has 4 rings (SSSR count). The minimum atomic E-state index is 0. The van der Waals surface area contributed by atoms with E-state index in [1.807, 2.05) is 41.8 Å². The van der Waals surface area contributed by atoms with Crippen molar-refractivity contribution in [3.63, 3.8) is 0 Å². The summed E-state index contributed by atoms with van der Waals surface area (Å²) in [6, 6.07) is 10.1. The molecule has 1 amide bonds. The lowest BCUT2D eigenvalue weighted by atomic mass is 10.0. The second kappa shape index (κ2) is 7.96. The van der Waals surface area contributed by atoms with Gasteiger partial charge in [-0.25, -0.2) is 4.98 Å². The SMILES string of the molecule is Cc1cnc(-c2nn(C)c3c2CN(C(=O)CCc2ccccc2)CC3)o1.Cl. The topological polar surface area (TPSA) is 64.2 Å². The number of oxazole rings is 1. The third kappa shape index (κ3) is 3.90. The molecule has 1 aliphatic heterocycles. The Kier molecular flexibility index (Phi) is 5.65. The molecule has 0 fully saturated rings. The Morgan fingerprint density at radius 2 is 2.04 bits per heavy atom. The van der Waals surface area contributed by atoms with Gasteiger partial charge in [0.1, 0.15) is 5.76 Å². The van der Waals surface area contributed by atoms with Crippen molar-refractivity contribution in [1.82, 2.24) is 19.7 Å². The summed E-state index contributed by atoms with van der Waals surface area (Å²) in [6.45, 7) is 3.16. The molecule has 0 saturated heterocycles. The van der Waals surface area contributed by atoms with E-state index in [-0.39, 0.29) is 18.3 Å². The van der Waals surface area contributed by atoms with Crippen molar-refractivity contribution < 1.29 is 9.21 Å². The van der Waals surface area contributed by atoms with Crippen LogP contribution in [0.1, 0.15) is 29.0 Å². The predicted molar refractivity (Wildman–Crippen MR) is 105 cm³/mol. The standard InChI is InChI=1S/C20H22N4O2.ClH/c1-14-12-21-20(26-14)19-16-13-24(11-10-17(16)23(2)22-19)18(25)9-8-15-6-4-3-5-7-15;/h3-7,12H,8-11,13H2,1-2H3;1H. The van der Waals surface area contributed by atoms with Gasteiger partial charge in [0.2, 0.25) is 11.8 Å². The van der Waals surface area contributed by atoms with Gasteiger partial charge in [0.15, 0.2) is 5.69 Å². The molecule has 7 heteroatoms. The monoisotopic (exact) mass is 386 g/mol. The number of hydrogen-bond acceptors (Lipinski definition) is 4. The normalized spacial score (nSPS) is 13.2. The summed E-state index contributed by atoms with van der Waals surface area (Å²) in [6.07, 6.45) is 3.78. The molecule has 0 saturated carbocycles. The summed E-state index contributed by atoms with van der Waals surface area (Å²) >= 11 is 0. The van der Waals surface area contributed by atoms with Crippen LogP contribution >= 0.6 is 12.4 Å². The Morgan fingerprint density at radius 1 is 1.26 bits per heavy atom. The van der Waals surface area contributed by atoms with E-state index in [1.165, 1.54) is 5.56 Å². The maximum Gasteiger partial charge on any atom is 0.247 e. The molecule has 0 atom stereocenters. The van der Waals surface area contributed by atoms with Gasteiger partial charge < -0.3 is 9.32 Å². The highest BCUT2D eigenvalue weighted by molar-refractivity contribution is 5.85. The van der Waals surface area contributed by atoms with Crippen molar-refractivity contribution >= 4 is 18.3 Å². The lowest BCUT2D eigenvalue weighted by Gasteiger charge is -2.27. The fraction of sp³-hybridized carbons (Fsp3) is 0.350. The minimum Gasteiger partial charge on any atom is -0.440 e. The Morgan fingerprint density at radius 3 is 2.74 bits per heavy atom. The van der Waals surface area contributed by atoms with E-state index in [1.54, 1.807) is 6.20 Å². The number of aryl methyl sites for hydroxylation is 3. The van der Waals surface area contributed by atoms with Gasteiger partial charge in [-0.05, 0) is 18.9 Å². The highest BCUT2D eigenvalue weighted by Crippen LogP contribution is 2.29. The highest BCUT2D eigenvalue weighted by Gasteiger charge is 2.28. The number of fused-ring (bicyclic) bond motifs is 1. The molecule has 1 aliphatic rings. The van der Waals surface area contributed by atoms with Crippen molar-refractivity contribution in [2.75, 3.05) is 6.54 Å². The van der Waals surface area contributed by atoms with Gasteiger partial charge in [-0.15, -0.1) is 12.4 Å². The number of rotatable bonds is 4. The molecule has 0 radical (unpaired) electrons. The average Bonchev–Trinajstić information content (AvgIpc) is 3.23. The van der Waals surface area contributed by atoms with E-state index in [0.29, 0.717) is 18.9 Å². The number of benzene rings is 1. The van der Waals surface area contributed by atoms with Gasteiger partial charge in [0.05, 0.1) is 6.20 Å². The van der Waals surface area contributed by atoms with Crippen LogP contribution in [0.15, 0.2) is 40.9 Å². The summed E-state index contributed by atoms with van der Waals surface area (Å²) in [7, 11) is 1.94. The molecule has 0 spiro atoms. The number of carbonyl (C=O) groups excluding carboxylic acids is 1. The summed E-state index contributed by atoms with van der Waals surface area (Å²) in [5.41, 5.74) is 4.14. The van der Waals surface area contributed by atoms with Crippen molar-refractivity contribution in [2.45, 2.75) is 32.7 Å². The van der Waals surface area contributed by atoms with Gasteiger partial charge in [-0.3, -0.25) is 9.48 Å². The van der Waals surface area contributed by atoms with Gasteiger partial charge in [-0.1, -0.05) is 30.3 Å². The first-order chi connectivity index (χ1) is 12.6. The quantitative estimate of drug-likeness (QED) is 0.690. The Bertz CT molecular complexity index is 933. The van der Waals surface area contributed by atoms with Gasteiger partial charge >= 0.3 is 0 Å². The molecular weight excluding hydrogens is 364 g/mol. The maximum absolute atomic E-state index is 12.7. The smallest absolute Gasteiger partial charge is 0.247 e. The molecule has 0 unspecified atom stereocenters. The van der Waals surface area contributed by atoms with Crippen LogP contribution < -0.4 is 0 Å². The lowest BCUT2D eigenvalue weighted by molar-refractivity contribution is -0.132. The molecule has 27 heavy (non-hydrogen) atoms. The first-order valence-corrected chi connectivity index (χ1v) is 8.91. The first-order valence-electron chi connectivity index (χ1n) is 8.91. The van der Waals surface area contributed by atoms with Crippen LogP contribution in [0.3, 0.4) is 0 Å². The minimum absolute atomic E-state index is 0. The lowest BCUT2D eigenvalue weighted by Crippen LogP contribution is -2.36. The van der Waals surface area contributed by atoms with Crippen LogP contribution in [-0.4, -0.2) is 32.1 Å². The summed E-state index contributed by atoms with van der Waals surface area (Å²) < 4.78 is 7.54. The zero-order chi connectivity index (χ0) is 18.1.